The number of aliphatic carboxylic acids is 1. The molecule has 116 valence electrons. The Bertz CT molecular complexity index is 620. The number of carbonyl (C=O) groups excluding carboxylic acids is 1. The van der Waals surface area contributed by atoms with Gasteiger partial charge in [-0.1, -0.05) is 38.1 Å². The monoisotopic (exact) mass is 301 g/mol. The Morgan fingerprint density at radius 3 is 2.23 bits per heavy atom. The molecule has 2 aliphatic rings. The summed E-state index contributed by atoms with van der Waals surface area (Å²) < 4.78 is 5.52. The van der Waals surface area contributed by atoms with Crippen LogP contribution in [-0.4, -0.2) is 29.2 Å². The first kappa shape index (κ1) is 14.8. The Morgan fingerprint density at radius 2 is 1.68 bits per heavy atom. The minimum atomic E-state index is -0.993. The van der Waals surface area contributed by atoms with Crippen molar-refractivity contribution in [2.45, 2.75) is 32.0 Å². The number of carbonyl (C=O) groups is 2. The summed E-state index contributed by atoms with van der Waals surface area (Å²) in [7, 11) is 0. The highest BCUT2D eigenvalue weighted by Crippen LogP contribution is 2.39. The molecule has 0 saturated carbocycles. The molecule has 1 fully saturated rings. The van der Waals surface area contributed by atoms with E-state index < -0.39 is 30.0 Å². The highest BCUT2D eigenvalue weighted by Gasteiger charge is 2.53. The lowest BCUT2D eigenvalue weighted by molar-refractivity contribution is -0.145. The van der Waals surface area contributed by atoms with Crippen LogP contribution in [0.2, 0.25) is 0 Å². The number of hydrogen-bond donors (Lipinski definition) is 2. The van der Waals surface area contributed by atoms with Gasteiger partial charge in [0.15, 0.2) is 0 Å². The number of carboxylic acid groups (broad SMARTS) is 1. The predicted molar refractivity (Wildman–Crippen MR) is 81.6 cm³/mol. The maximum Gasteiger partial charge on any atom is 0.310 e. The fourth-order valence-electron chi connectivity index (χ4n) is 3.09. The molecular weight excluding hydrogens is 282 g/mol. The zero-order chi connectivity index (χ0) is 15.9. The van der Waals surface area contributed by atoms with Crippen LogP contribution in [-0.2, 0) is 14.3 Å². The third-order valence-corrected chi connectivity index (χ3v) is 4.33. The Balaban J connectivity index is 1.74. The van der Waals surface area contributed by atoms with E-state index in [4.69, 9.17) is 4.74 Å². The summed E-state index contributed by atoms with van der Waals surface area (Å²) in [6.45, 7) is 4.20. The second-order valence-corrected chi connectivity index (χ2v) is 6.11. The summed E-state index contributed by atoms with van der Waals surface area (Å²) in [5.74, 6) is -2.37. The minimum absolute atomic E-state index is 0.304. The van der Waals surface area contributed by atoms with E-state index in [1.165, 1.54) is 5.56 Å². The van der Waals surface area contributed by atoms with Crippen LogP contribution in [0.3, 0.4) is 0 Å². The van der Waals surface area contributed by atoms with E-state index in [2.05, 4.69) is 19.2 Å². The highest BCUT2D eigenvalue weighted by molar-refractivity contribution is 5.96. The molecule has 0 aromatic heterocycles. The summed E-state index contributed by atoms with van der Waals surface area (Å²) in [5, 5.41) is 12.1. The third kappa shape index (κ3) is 2.52. The Kier molecular flexibility index (Phi) is 3.74. The maximum absolute atomic E-state index is 12.4. The molecule has 1 aromatic rings. The number of benzene rings is 1. The average molecular weight is 301 g/mol. The number of rotatable bonds is 4. The van der Waals surface area contributed by atoms with Crippen molar-refractivity contribution in [3.05, 3.63) is 42.0 Å². The van der Waals surface area contributed by atoms with E-state index in [1.807, 2.05) is 24.3 Å². The van der Waals surface area contributed by atoms with Gasteiger partial charge in [0, 0.05) is 5.69 Å². The van der Waals surface area contributed by atoms with Crippen molar-refractivity contribution in [3.8, 4) is 0 Å². The fraction of sp³-hybridized carbons (Fsp3) is 0.412. The van der Waals surface area contributed by atoms with E-state index in [0.717, 1.165) is 0 Å². The number of ether oxygens (including phenoxy) is 1. The van der Waals surface area contributed by atoms with Gasteiger partial charge in [-0.3, -0.25) is 9.59 Å². The van der Waals surface area contributed by atoms with Crippen LogP contribution in [0, 0.1) is 11.8 Å². The van der Waals surface area contributed by atoms with Gasteiger partial charge in [-0.25, -0.2) is 0 Å². The standard InChI is InChI=1S/C17H19NO4/c1-9(2)10-3-5-11(6-4-10)18-16(19)14-12-7-8-13(22-12)15(14)17(20)21/h3-9,12-15H,1-2H3,(H,18,19)(H,20,21). The number of carboxylic acids is 1. The lowest BCUT2D eigenvalue weighted by atomic mass is 9.82. The second-order valence-electron chi connectivity index (χ2n) is 6.11. The molecule has 2 bridgehead atoms. The van der Waals surface area contributed by atoms with Gasteiger partial charge in [0.2, 0.25) is 5.91 Å². The largest absolute Gasteiger partial charge is 0.481 e. The summed E-state index contributed by atoms with van der Waals surface area (Å²) in [6, 6.07) is 7.61. The van der Waals surface area contributed by atoms with Gasteiger partial charge < -0.3 is 15.2 Å². The summed E-state index contributed by atoms with van der Waals surface area (Å²) in [4.78, 5) is 23.8. The van der Waals surface area contributed by atoms with Gasteiger partial charge in [0.05, 0.1) is 18.1 Å². The van der Waals surface area contributed by atoms with Crippen molar-refractivity contribution < 1.29 is 19.4 Å². The molecule has 22 heavy (non-hydrogen) atoms. The number of hydrogen-bond acceptors (Lipinski definition) is 3. The van der Waals surface area contributed by atoms with Gasteiger partial charge in [0.1, 0.15) is 5.92 Å². The molecule has 2 aliphatic heterocycles. The van der Waals surface area contributed by atoms with Gasteiger partial charge in [-0.05, 0) is 23.6 Å². The fourth-order valence-corrected chi connectivity index (χ4v) is 3.09. The van der Waals surface area contributed by atoms with Crippen LogP contribution in [0.4, 0.5) is 5.69 Å². The maximum atomic E-state index is 12.4. The summed E-state index contributed by atoms with van der Waals surface area (Å²) in [5.41, 5.74) is 1.86. The molecule has 0 spiro atoms. The second kappa shape index (κ2) is 5.57. The zero-order valence-corrected chi connectivity index (χ0v) is 12.5. The SMILES string of the molecule is CC(C)c1ccc(NC(=O)C2C3C=CC(O3)C2C(=O)O)cc1. The van der Waals surface area contributed by atoms with Crippen LogP contribution >= 0.6 is 0 Å². The van der Waals surface area contributed by atoms with Crippen LogP contribution in [0.15, 0.2) is 36.4 Å². The number of fused-ring (bicyclic) bond motifs is 2. The Labute approximate surface area is 129 Å². The molecule has 3 rings (SSSR count). The normalized spacial score (nSPS) is 29.0. The minimum Gasteiger partial charge on any atom is -0.481 e. The van der Waals surface area contributed by atoms with E-state index in [9.17, 15) is 14.7 Å². The molecule has 5 nitrogen and oxygen atoms in total. The smallest absolute Gasteiger partial charge is 0.310 e. The van der Waals surface area contributed by atoms with E-state index >= 15 is 0 Å². The van der Waals surface area contributed by atoms with Crippen LogP contribution in [0.25, 0.3) is 0 Å². The molecule has 2 N–H and O–H groups in total. The highest BCUT2D eigenvalue weighted by atomic mass is 16.5. The van der Waals surface area contributed by atoms with Gasteiger partial charge in [-0.15, -0.1) is 0 Å². The van der Waals surface area contributed by atoms with Crippen molar-refractivity contribution in [3.63, 3.8) is 0 Å². The van der Waals surface area contributed by atoms with Crippen molar-refractivity contribution in [2.75, 3.05) is 5.32 Å². The number of nitrogens with one attached hydrogen (secondary N) is 1. The van der Waals surface area contributed by atoms with Crippen molar-refractivity contribution in [2.24, 2.45) is 11.8 Å². The summed E-state index contributed by atoms with van der Waals surface area (Å²) in [6.07, 6.45) is 2.56. The number of amides is 1. The van der Waals surface area contributed by atoms with E-state index in [-0.39, 0.29) is 5.91 Å². The lowest BCUT2D eigenvalue weighted by Crippen LogP contribution is -2.39. The van der Waals surface area contributed by atoms with Crippen molar-refractivity contribution in [1.29, 1.82) is 0 Å². The molecule has 1 aromatic carbocycles. The summed E-state index contributed by atoms with van der Waals surface area (Å²) >= 11 is 0. The molecule has 4 unspecified atom stereocenters. The topological polar surface area (TPSA) is 75.6 Å². The van der Waals surface area contributed by atoms with Crippen molar-refractivity contribution in [1.82, 2.24) is 0 Å². The Hall–Kier alpha value is -2.14. The first-order valence-electron chi connectivity index (χ1n) is 7.45. The zero-order valence-electron chi connectivity index (χ0n) is 12.5. The quantitative estimate of drug-likeness (QED) is 0.837. The van der Waals surface area contributed by atoms with Gasteiger partial charge in [-0.2, -0.15) is 0 Å². The first-order valence-corrected chi connectivity index (χ1v) is 7.45. The molecule has 5 heteroatoms. The average Bonchev–Trinajstić information content (AvgIpc) is 3.08. The van der Waals surface area contributed by atoms with Gasteiger partial charge >= 0.3 is 5.97 Å². The molecule has 4 atom stereocenters. The molecule has 1 saturated heterocycles. The van der Waals surface area contributed by atoms with Crippen molar-refractivity contribution >= 4 is 17.6 Å². The molecule has 2 heterocycles. The molecule has 0 radical (unpaired) electrons. The predicted octanol–water partition coefficient (Wildman–Crippen LogP) is 2.40. The van der Waals surface area contributed by atoms with Crippen LogP contribution in [0.1, 0.15) is 25.3 Å². The molecular formula is C17H19NO4. The lowest BCUT2D eigenvalue weighted by Gasteiger charge is -2.21. The number of anilines is 1. The molecule has 0 aliphatic carbocycles. The van der Waals surface area contributed by atoms with Crippen LogP contribution < -0.4 is 5.32 Å². The first-order chi connectivity index (χ1) is 10.5. The van der Waals surface area contributed by atoms with Gasteiger partial charge in [0.25, 0.3) is 0 Å². The molecule has 1 amide bonds. The van der Waals surface area contributed by atoms with E-state index in [0.29, 0.717) is 11.6 Å². The third-order valence-electron chi connectivity index (χ3n) is 4.33. The Morgan fingerprint density at radius 1 is 1.09 bits per heavy atom. The van der Waals surface area contributed by atoms with E-state index in [1.54, 1.807) is 12.2 Å². The van der Waals surface area contributed by atoms with Crippen LogP contribution in [0.5, 0.6) is 0 Å².